The van der Waals surface area contributed by atoms with Crippen LogP contribution in [0.4, 0.5) is 0 Å². The summed E-state index contributed by atoms with van der Waals surface area (Å²) in [5, 5.41) is 9.26. The third-order valence-electron chi connectivity index (χ3n) is 4.69. The fourth-order valence-corrected chi connectivity index (χ4v) is 4.72. The third-order valence-corrected chi connectivity index (χ3v) is 6.32. The Labute approximate surface area is 131 Å². The van der Waals surface area contributed by atoms with E-state index in [1.165, 1.54) is 4.90 Å². The van der Waals surface area contributed by atoms with Gasteiger partial charge in [-0.05, 0) is 25.2 Å². The van der Waals surface area contributed by atoms with Crippen molar-refractivity contribution in [1.29, 1.82) is 0 Å². The number of carboxylic acids is 1. The molecule has 1 amide bonds. The van der Waals surface area contributed by atoms with Crippen molar-refractivity contribution < 1.29 is 23.1 Å². The molecule has 1 saturated heterocycles. The zero-order chi connectivity index (χ0) is 16.9. The molecule has 6 nitrogen and oxygen atoms in total. The van der Waals surface area contributed by atoms with Crippen LogP contribution in [0.5, 0.6) is 0 Å². The van der Waals surface area contributed by atoms with E-state index in [1.807, 2.05) is 33.8 Å². The predicted molar refractivity (Wildman–Crippen MR) is 82.0 cm³/mol. The van der Waals surface area contributed by atoms with Gasteiger partial charge in [0.15, 0.2) is 9.84 Å². The zero-order valence-electron chi connectivity index (χ0n) is 13.4. The fourth-order valence-electron chi connectivity index (χ4n) is 3.27. The summed E-state index contributed by atoms with van der Waals surface area (Å²) in [5.74, 6) is -2.34. The van der Waals surface area contributed by atoms with E-state index in [1.54, 1.807) is 0 Å². The Morgan fingerprint density at radius 3 is 2.36 bits per heavy atom. The standard InChI is InChI=1S/C15H23NO5S/c1-9(2)7-10-12(15(10,3)4)13(17)16-5-6-22(20,21)8-11(16)14(18)19/h7,10-12H,5-6,8H2,1-4H3,(H,18,19). The number of carbonyl (C=O) groups is 2. The van der Waals surface area contributed by atoms with E-state index in [4.69, 9.17) is 0 Å². The summed E-state index contributed by atoms with van der Waals surface area (Å²) in [6.07, 6.45) is 2.04. The van der Waals surface area contributed by atoms with Crippen molar-refractivity contribution in [2.24, 2.45) is 17.3 Å². The summed E-state index contributed by atoms with van der Waals surface area (Å²) in [5.41, 5.74) is 0.901. The van der Waals surface area contributed by atoms with Gasteiger partial charge in [-0.2, -0.15) is 0 Å². The topological polar surface area (TPSA) is 91.8 Å². The minimum Gasteiger partial charge on any atom is -0.480 e. The van der Waals surface area contributed by atoms with Gasteiger partial charge in [-0.3, -0.25) is 4.79 Å². The van der Waals surface area contributed by atoms with Gasteiger partial charge in [0, 0.05) is 6.54 Å². The third kappa shape index (κ3) is 3.04. The van der Waals surface area contributed by atoms with Crippen molar-refractivity contribution in [2.75, 3.05) is 18.1 Å². The maximum Gasteiger partial charge on any atom is 0.327 e. The number of aliphatic carboxylic acids is 1. The van der Waals surface area contributed by atoms with Gasteiger partial charge in [-0.15, -0.1) is 0 Å². The lowest BCUT2D eigenvalue weighted by Gasteiger charge is -2.33. The quantitative estimate of drug-likeness (QED) is 0.778. The molecule has 1 aliphatic carbocycles. The van der Waals surface area contributed by atoms with Crippen LogP contribution in [0.25, 0.3) is 0 Å². The summed E-state index contributed by atoms with van der Waals surface area (Å²) in [6.45, 7) is 7.85. The highest BCUT2D eigenvalue weighted by Crippen LogP contribution is 2.60. The summed E-state index contributed by atoms with van der Waals surface area (Å²) >= 11 is 0. The number of hydrogen-bond acceptors (Lipinski definition) is 4. The molecule has 2 aliphatic rings. The van der Waals surface area contributed by atoms with Crippen molar-refractivity contribution in [2.45, 2.75) is 33.7 Å². The molecule has 1 saturated carbocycles. The highest BCUT2D eigenvalue weighted by atomic mass is 32.2. The molecule has 1 aliphatic heterocycles. The van der Waals surface area contributed by atoms with Gasteiger partial charge in [-0.25, -0.2) is 13.2 Å². The van der Waals surface area contributed by atoms with Crippen LogP contribution >= 0.6 is 0 Å². The number of nitrogens with zero attached hydrogens (tertiary/aromatic N) is 1. The van der Waals surface area contributed by atoms with Crippen LogP contribution < -0.4 is 0 Å². The van der Waals surface area contributed by atoms with Crippen LogP contribution in [-0.4, -0.2) is 54.4 Å². The number of sulfone groups is 1. The second kappa shape index (κ2) is 5.37. The minimum absolute atomic E-state index is 0.0355. The molecule has 0 radical (unpaired) electrons. The van der Waals surface area contributed by atoms with Gasteiger partial charge < -0.3 is 10.0 Å². The maximum atomic E-state index is 12.7. The van der Waals surface area contributed by atoms with Crippen LogP contribution in [-0.2, 0) is 19.4 Å². The first-order valence-electron chi connectivity index (χ1n) is 7.36. The molecule has 0 aromatic rings. The van der Waals surface area contributed by atoms with Crippen molar-refractivity contribution in [3.8, 4) is 0 Å². The van der Waals surface area contributed by atoms with Crippen molar-refractivity contribution in [1.82, 2.24) is 4.90 Å². The van der Waals surface area contributed by atoms with E-state index >= 15 is 0 Å². The fraction of sp³-hybridized carbons (Fsp3) is 0.733. The molecular weight excluding hydrogens is 306 g/mol. The molecule has 1 heterocycles. The first-order valence-corrected chi connectivity index (χ1v) is 9.18. The summed E-state index contributed by atoms with van der Waals surface area (Å²) in [4.78, 5) is 25.3. The summed E-state index contributed by atoms with van der Waals surface area (Å²) < 4.78 is 23.3. The lowest BCUT2D eigenvalue weighted by molar-refractivity contribution is -0.150. The first kappa shape index (κ1) is 17.0. The molecule has 0 bridgehead atoms. The first-order chi connectivity index (χ1) is 9.97. The molecular formula is C15H23NO5S. The van der Waals surface area contributed by atoms with Crippen LogP contribution in [0.2, 0.25) is 0 Å². The number of rotatable bonds is 3. The molecule has 124 valence electrons. The normalized spacial score (nSPS) is 32.2. The van der Waals surface area contributed by atoms with Gasteiger partial charge in [0.25, 0.3) is 0 Å². The molecule has 0 aromatic carbocycles. The Morgan fingerprint density at radius 1 is 1.27 bits per heavy atom. The average molecular weight is 329 g/mol. The van der Waals surface area contributed by atoms with Crippen molar-refractivity contribution in [3.63, 3.8) is 0 Å². The molecule has 2 rings (SSSR count). The molecule has 2 fully saturated rings. The molecule has 0 aromatic heterocycles. The van der Waals surface area contributed by atoms with E-state index in [9.17, 15) is 23.1 Å². The Hall–Kier alpha value is -1.37. The Balaban J connectivity index is 2.22. The van der Waals surface area contributed by atoms with Crippen LogP contribution in [0, 0.1) is 17.3 Å². The number of amides is 1. The van der Waals surface area contributed by atoms with Crippen molar-refractivity contribution in [3.05, 3.63) is 11.6 Å². The second-order valence-electron chi connectivity index (χ2n) is 7.07. The van der Waals surface area contributed by atoms with E-state index in [0.717, 1.165) is 5.57 Å². The van der Waals surface area contributed by atoms with Crippen LogP contribution in [0.3, 0.4) is 0 Å². The highest BCUT2D eigenvalue weighted by Gasteiger charge is 2.62. The SMILES string of the molecule is CC(C)=CC1C(C(=O)N2CCS(=O)(=O)CC2C(=O)O)C1(C)C. The number of carboxylic acid groups (broad SMARTS) is 1. The lowest BCUT2D eigenvalue weighted by Crippen LogP contribution is -2.55. The molecule has 3 atom stereocenters. The van der Waals surface area contributed by atoms with Gasteiger partial charge in [0.2, 0.25) is 5.91 Å². The van der Waals surface area contributed by atoms with E-state index in [-0.39, 0.29) is 35.5 Å². The van der Waals surface area contributed by atoms with Crippen LogP contribution in [0.15, 0.2) is 11.6 Å². The number of allylic oxidation sites excluding steroid dienone is 2. The molecule has 3 unspecified atom stereocenters. The van der Waals surface area contributed by atoms with E-state index in [2.05, 4.69) is 0 Å². The average Bonchev–Trinajstić information content (AvgIpc) is 2.87. The highest BCUT2D eigenvalue weighted by molar-refractivity contribution is 7.91. The maximum absolute atomic E-state index is 12.7. The number of hydrogen-bond donors (Lipinski definition) is 1. The Bertz CT molecular complexity index is 630. The monoisotopic (exact) mass is 329 g/mol. The van der Waals surface area contributed by atoms with Gasteiger partial charge in [-0.1, -0.05) is 25.5 Å². The number of carbonyl (C=O) groups excluding carboxylic acids is 1. The smallest absolute Gasteiger partial charge is 0.327 e. The van der Waals surface area contributed by atoms with E-state index in [0.29, 0.717) is 0 Å². The molecule has 7 heteroatoms. The largest absolute Gasteiger partial charge is 0.480 e. The van der Waals surface area contributed by atoms with Gasteiger partial charge in [0.1, 0.15) is 6.04 Å². The van der Waals surface area contributed by atoms with Gasteiger partial charge in [0.05, 0.1) is 17.4 Å². The van der Waals surface area contributed by atoms with E-state index < -0.39 is 27.6 Å². The molecule has 22 heavy (non-hydrogen) atoms. The minimum atomic E-state index is -3.40. The summed E-state index contributed by atoms with van der Waals surface area (Å²) in [7, 11) is -3.40. The predicted octanol–water partition coefficient (Wildman–Crippen LogP) is 0.935. The Kier molecular flexibility index (Phi) is 4.14. The molecule has 0 spiro atoms. The summed E-state index contributed by atoms with van der Waals surface area (Å²) in [6, 6.07) is -1.27. The Morgan fingerprint density at radius 2 is 1.86 bits per heavy atom. The van der Waals surface area contributed by atoms with Crippen molar-refractivity contribution >= 4 is 21.7 Å². The van der Waals surface area contributed by atoms with Gasteiger partial charge >= 0.3 is 5.97 Å². The molecule has 1 N–H and O–H groups in total. The lowest BCUT2D eigenvalue weighted by atomic mass is 10.1. The second-order valence-corrected chi connectivity index (χ2v) is 9.30. The van der Waals surface area contributed by atoms with Crippen LogP contribution in [0.1, 0.15) is 27.7 Å². The zero-order valence-corrected chi connectivity index (χ0v) is 14.2.